The Balaban J connectivity index is 2.21. The molecular weight excluding hydrogens is 391 g/mol. The minimum Gasteiger partial charge on any atom is -0.326 e. The van der Waals surface area contributed by atoms with Gasteiger partial charge in [-0.3, -0.25) is 0 Å². The van der Waals surface area contributed by atoms with Crippen molar-refractivity contribution in [1.82, 2.24) is 14.5 Å². The molecule has 3 nitrogen and oxygen atoms in total. The number of aryl methyl sites for hydroxylation is 1. The lowest BCUT2D eigenvalue weighted by Gasteiger charge is -2.08. The van der Waals surface area contributed by atoms with Crippen LogP contribution in [0.1, 0.15) is 5.69 Å². The number of aromatic nitrogens is 3. The fraction of sp³-hybridized carbons (Fsp3) is 0.200. The van der Waals surface area contributed by atoms with Crippen LogP contribution in [0.25, 0.3) is 22.4 Å². The molecule has 0 aliphatic carbocycles. The summed E-state index contributed by atoms with van der Waals surface area (Å²) in [7, 11) is 1.77. The van der Waals surface area contributed by atoms with Crippen LogP contribution in [-0.4, -0.2) is 20.8 Å². The van der Waals surface area contributed by atoms with E-state index >= 15 is 0 Å². The van der Waals surface area contributed by atoms with E-state index < -0.39 is 11.9 Å². The Morgan fingerprint density at radius 2 is 1.96 bits per heavy atom. The van der Waals surface area contributed by atoms with Crippen molar-refractivity contribution in [2.75, 3.05) is 6.26 Å². The zero-order chi connectivity index (χ0) is 16.8. The van der Waals surface area contributed by atoms with Crippen LogP contribution in [0.4, 0.5) is 13.2 Å². The third-order valence-corrected chi connectivity index (χ3v) is 4.73. The van der Waals surface area contributed by atoms with Gasteiger partial charge in [-0.15, -0.1) is 11.8 Å². The first-order valence-corrected chi connectivity index (χ1v) is 8.56. The molecule has 0 atom stereocenters. The van der Waals surface area contributed by atoms with Crippen LogP contribution in [0.15, 0.2) is 39.8 Å². The van der Waals surface area contributed by atoms with Crippen molar-refractivity contribution in [3.8, 4) is 11.4 Å². The van der Waals surface area contributed by atoms with Crippen LogP contribution < -0.4 is 0 Å². The lowest BCUT2D eigenvalue weighted by Crippen LogP contribution is -2.07. The summed E-state index contributed by atoms with van der Waals surface area (Å²) in [6.07, 6.45) is -1.32. The molecule has 0 saturated carbocycles. The normalized spacial score (nSPS) is 12.1. The van der Waals surface area contributed by atoms with Gasteiger partial charge in [0.2, 0.25) is 0 Å². The SMILES string of the molecule is CSc1cc(Br)ccc1-c1nc2cc(C(F)(F)F)ncc2n1C. The highest BCUT2D eigenvalue weighted by Gasteiger charge is 2.33. The Labute approximate surface area is 143 Å². The molecule has 0 radical (unpaired) electrons. The Kier molecular flexibility index (Phi) is 4.14. The first-order chi connectivity index (χ1) is 10.8. The monoisotopic (exact) mass is 401 g/mol. The molecule has 0 spiro atoms. The molecule has 3 rings (SSSR count). The smallest absolute Gasteiger partial charge is 0.326 e. The summed E-state index contributed by atoms with van der Waals surface area (Å²) in [4.78, 5) is 8.88. The van der Waals surface area contributed by atoms with E-state index in [4.69, 9.17) is 0 Å². The van der Waals surface area contributed by atoms with Gasteiger partial charge in [-0.1, -0.05) is 15.9 Å². The van der Waals surface area contributed by atoms with Crippen molar-refractivity contribution in [1.29, 1.82) is 0 Å². The summed E-state index contributed by atoms with van der Waals surface area (Å²) in [6, 6.07) is 6.72. The van der Waals surface area contributed by atoms with E-state index in [2.05, 4.69) is 25.9 Å². The first-order valence-electron chi connectivity index (χ1n) is 6.55. The average molecular weight is 402 g/mol. The zero-order valence-electron chi connectivity index (χ0n) is 12.1. The third kappa shape index (κ3) is 2.97. The highest BCUT2D eigenvalue weighted by molar-refractivity contribution is 9.10. The van der Waals surface area contributed by atoms with Crippen LogP contribution in [0, 0.1) is 0 Å². The third-order valence-electron chi connectivity index (χ3n) is 3.46. The molecule has 1 aromatic carbocycles. The van der Waals surface area contributed by atoms with Crippen molar-refractivity contribution in [2.24, 2.45) is 7.05 Å². The van der Waals surface area contributed by atoms with Crippen LogP contribution >= 0.6 is 27.7 Å². The summed E-state index contributed by atoms with van der Waals surface area (Å²) in [5.74, 6) is 0.609. The maximum absolute atomic E-state index is 12.8. The van der Waals surface area contributed by atoms with E-state index in [1.807, 2.05) is 24.5 Å². The Morgan fingerprint density at radius 1 is 1.22 bits per heavy atom. The number of hydrogen-bond acceptors (Lipinski definition) is 3. The van der Waals surface area contributed by atoms with Crippen molar-refractivity contribution in [2.45, 2.75) is 11.1 Å². The Hall–Kier alpha value is -1.54. The van der Waals surface area contributed by atoms with Gasteiger partial charge in [0.25, 0.3) is 0 Å². The second-order valence-corrected chi connectivity index (χ2v) is 6.66. The Morgan fingerprint density at radius 3 is 2.61 bits per heavy atom. The van der Waals surface area contributed by atoms with E-state index in [0.717, 1.165) is 21.0 Å². The van der Waals surface area contributed by atoms with Crippen LogP contribution in [0.5, 0.6) is 0 Å². The van der Waals surface area contributed by atoms with E-state index in [1.54, 1.807) is 23.4 Å². The van der Waals surface area contributed by atoms with Crippen molar-refractivity contribution >= 4 is 38.7 Å². The van der Waals surface area contributed by atoms with E-state index in [-0.39, 0.29) is 5.52 Å². The minimum absolute atomic E-state index is 0.278. The van der Waals surface area contributed by atoms with Crippen LogP contribution in [0.2, 0.25) is 0 Å². The van der Waals surface area contributed by atoms with Gasteiger partial charge in [0.05, 0.1) is 17.2 Å². The molecule has 2 heterocycles. The van der Waals surface area contributed by atoms with Gasteiger partial charge in [-0.2, -0.15) is 13.2 Å². The quantitative estimate of drug-likeness (QED) is 0.557. The predicted molar refractivity (Wildman–Crippen MR) is 88.4 cm³/mol. The highest BCUT2D eigenvalue weighted by Crippen LogP contribution is 2.35. The van der Waals surface area contributed by atoms with Gasteiger partial charge in [0.1, 0.15) is 11.5 Å². The number of thioether (sulfide) groups is 1. The standard InChI is InChI=1S/C15H11BrF3N3S/c1-22-11-7-20-13(15(17,18)19)6-10(11)21-14(22)9-4-3-8(16)5-12(9)23-2/h3-7H,1-2H3. The van der Waals surface area contributed by atoms with Gasteiger partial charge in [-0.05, 0) is 30.5 Å². The van der Waals surface area contributed by atoms with Gasteiger partial charge in [0, 0.05) is 22.0 Å². The van der Waals surface area contributed by atoms with Crippen LogP contribution in [-0.2, 0) is 13.2 Å². The predicted octanol–water partition coefficient (Wildman–Crippen LogP) is 5.14. The lowest BCUT2D eigenvalue weighted by molar-refractivity contribution is -0.141. The number of benzene rings is 1. The molecule has 0 unspecified atom stereocenters. The molecular formula is C15H11BrF3N3S. The molecule has 0 fully saturated rings. The maximum Gasteiger partial charge on any atom is 0.433 e. The topological polar surface area (TPSA) is 30.7 Å². The molecule has 23 heavy (non-hydrogen) atoms. The average Bonchev–Trinajstić information content (AvgIpc) is 2.83. The van der Waals surface area contributed by atoms with Gasteiger partial charge in [0.15, 0.2) is 0 Å². The largest absolute Gasteiger partial charge is 0.433 e. The lowest BCUT2D eigenvalue weighted by atomic mass is 10.2. The molecule has 0 amide bonds. The molecule has 0 aliphatic rings. The summed E-state index contributed by atoms with van der Waals surface area (Å²) in [5.41, 5.74) is 0.770. The number of fused-ring (bicyclic) bond motifs is 1. The number of halogens is 4. The van der Waals surface area contributed by atoms with Crippen LogP contribution in [0.3, 0.4) is 0 Å². The second kappa shape index (κ2) is 5.83. The Bertz CT molecular complexity index is 890. The van der Waals surface area contributed by atoms with Gasteiger partial charge >= 0.3 is 6.18 Å². The molecule has 0 bridgehead atoms. The molecule has 0 N–H and O–H groups in total. The number of hydrogen-bond donors (Lipinski definition) is 0. The van der Waals surface area contributed by atoms with Gasteiger partial charge in [-0.25, -0.2) is 9.97 Å². The summed E-state index contributed by atoms with van der Waals surface area (Å²) < 4.78 is 41.1. The maximum atomic E-state index is 12.8. The summed E-state index contributed by atoms with van der Waals surface area (Å²) in [5, 5.41) is 0. The number of alkyl halides is 3. The van der Waals surface area contributed by atoms with Crippen molar-refractivity contribution in [3.05, 3.63) is 40.6 Å². The van der Waals surface area contributed by atoms with Gasteiger partial charge < -0.3 is 4.57 Å². The fourth-order valence-electron chi connectivity index (χ4n) is 2.33. The number of nitrogens with zero attached hydrogens (tertiary/aromatic N) is 3. The molecule has 0 aliphatic heterocycles. The number of imidazole rings is 1. The first kappa shape index (κ1) is 16.3. The molecule has 2 aromatic heterocycles. The zero-order valence-corrected chi connectivity index (χ0v) is 14.6. The second-order valence-electron chi connectivity index (χ2n) is 4.90. The number of rotatable bonds is 2. The number of pyridine rings is 1. The van der Waals surface area contributed by atoms with E-state index in [1.165, 1.54) is 6.20 Å². The molecule has 8 heteroatoms. The van der Waals surface area contributed by atoms with Crippen molar-refractivity contribution < 1.29 is 13.2 Å². The van der Waals surface area contributed by atoms with Crippen molar-refractivity contribution in [3.63, 3.8) is 0 Å². The van der Waals surface area contributed by atoms with E-state index in [0.29, 0.717) is 11.3 Å². The highest BCUT2D eigenvalue weighted by atomic mass is 79.9. The summed E-state index contributed by atoms with van der Waals surface area (Å²) >= 11 is 4.97. The minimum atomic E-state index is -4.48. The molecule has 3 aromatic rings. The molecule has 0 saturated heterocycles. The fourth-order valence-corrected chi connectivity index (χ4v) is 3.47. The summed E-state index contributed by atoms with van der Waals surface area (Å²) in [6.45, 7) is 0. The molecule has 120 valence electrons. The van der Waals surface area contributed by atoms with E-state index in [9.17, 15) is 13.2 Å².